The molecule has 3 rings (SSSR count). The van der Waals surface area contributed by atoms with Gasteiger partial charge in [-0.25, -0.2) is 4.79 Å². The SMILES string of the molecule is COc1ccc(NC(=O)N(c2ccccc2C(C)C)C2CCN(CC(F)(F)F)CC2)c(OC(F)F)n1. The number of nitrogens with zero attached hydrogens (tertiary/aromatic N) is 3. The lowest BCUT2D eigenvalue weighted by molar-refractivity contribution is -0.147. The summed E-state index contributed by atoms with van der Waals surface area (Å²) in [5, 5.41) is 2.60. The van der Waals surface area contributed by atoms with Crippen LogP contribution in [0.4, 0.5) is 38.1 Å². The van der Waals surface area contributed by atoms with Gasteiger partial charge in [0.2, 0.25) is 11.8 Å². The number of piperidine rings is 1. The molecule has 198 valence electrons. The molecule has 1 aromatic carbocycles. The Morgan fingerprint density at radius 2 is 1.83 bits per heavy atom. The highest BCUT2D eigenvalue weighted by Crippen LogP contribution is 2.34. The lowest BCUT2D eigenvalue weighted by Crippen LogP contribution is -2.50. The van der Waals surface area contributed by atoms with Gasteiger partial charge in [-0.3, -0.25) is 9.80 Å². The number of rotatable bonds is 8. The Morgan fingerprint density at radius 3 is 2.42 bits per heavy atom. The normalized spacial score (nSPS) is 15.3. The van der Waals surface area contributed by atoms with Gasteiger partial charge in [-0.1, -0.05) is 32.0 Å². The summed E-state index contributed by atoms with van der Waals surface area (Å²) >= 11 is 0. The molecule has 1 saturated heterocycles. The van der Waals surface area contributed by atoms with E-state index in [1.54, 1.807) is 12.1 Å². The highest BCUT2D eigenvalue weighted by molar-refractivity contribution is 6.03. The minimum atomic E-state index is -4.31. The first-order valence-electron chi connectivity index (χ1n) is 11.5. The molecule has 12 heteroatoms. The number of carbonyl (C=O) groups is 1. The zero-order valence-corrected chi connectivity index (χ0v) is 20.2. The van der Waals surface area contributed by atoms with Crippen molar-refractivity contribution in [2.24, 2.45) is 0 Å². The number of ether oxygens (including phenoxy) is 2. The van der Waals surface area contributed by atoms with Crippen molar-refractivity contribution in [3.63, 3.8) is 0 Å². The van der Waals surface area contributed by atoms with Crippen LogP contribution in [0.2, 0.25) is 0 Å². The average Bonchev–Trinajstić information content (AvgIpc) is 2.80. The van der Waals surface area contributed by atoms with Gasteiger partial charge in [0.05, 0.1) is 13.7 Å². The van der Waals surface area contributed by atoms with E-state index in [4.69, 9.17) is 4.74 Å². The van der Waals surface area contributed by atoms with E-state index >= 15 is 0 Å². The van der Waals surface area contributed by atoms with E-state index in [2.05, 4.69) is 15.0 Å². The molecular weight excluding hydrogens is 487 g/mol. The van der Waals surface area contributed by atoms with Crippen molar-refractivity contribution in [3.8, 4) is 11.8 Å². The second kappa shape index (κ2) is 11.7. The highest BCUT2D eigenvalue weighted by Gasteiger charge is 2.36. The van der Waals surface area contributed by atoms with Gasteiger partial charge in [-0.05, 0) is 36.5 Å². The van der Waals surface area contributed by atoms with Gasteiger partial charge in [0, 0.05) is 30.9 Å². The Bertz CT molecular complexity index is 1030. The van der Waals surface area contributed by atoms with E-state index in [9.17, 15) is 26.7 Å². The maximum Gasteiger partial charge on any atom is 0.401 e. The molecule has 2 amide bonds. The summed E-state index contributed by atoms with van der Waals surface area (Å²) in [4.78, 5) is 20.3. The molecule has 0 saturated carbocycles. The zero-order chi connectivity index (χ0) is 26.5. The van der Waals surface area contributed by atoms with Gasteiger partial charge in [-0.2, -0.15) is 26.9 Å². The number of aromatic nitrogens is 1. The molecule has 1 aliphatic heterocycles. The lowest BCUT2D eigenvalue weighted by atomic mass is 9.97. The average molecular weight is 517 g/mol. The molecule has 1 aliphatic rings. The van der Waals surface area contributed by atoms with E-state index in [-0.39, 0.29) is 30.6 Å². The topological polar surface area (TPSA) is 66.9 Å². The zero-order valence-electron chi connectivity index (χ0n) is 20.2. The second-order valence-electron chi connectivity index (χ2n) is 8.72. The highest BCUT2D eigenvalue weighted by atomic mass is 19.4. The summed E-state index contributed by atoms with van der Waals surface area (Å²) < 4.78 is 73.9. The smallest absolute Gasteiger partial charge is 0.401 e. The number of hydrogen-bond donors (Lipinski definition) is 1. The van der Waals surface area contributed by atoms with Gasteiger partial charge >= 0.3 is 18.8 Å². The Morgan fingerprint density at radius 1 is 1.17 bits per heavy atom. The number of urea groups is 1. The van der Waals surface area contributed by atoms with Crippen LogP contribution >= 0.6 is 0 Å². The summed E-state index contributed by atoms with van der Waals surface area (Å²) in [6.45, 7) is 0.0333. The minimum Gasteiger partial charge on any atom is -0.481 e. The number of para-hydroxylation sites is 1. The molecule has 1 N–H and O–H groups in total. The molecule has 1 fully saturated rings. The summed E-state index contributed by atoms with van der Waals surface area (Å²) in [6, 6.07) is 8.90. The van der Waals surface area contributed by atoms with Crippen LogP contribution in [0.25, 0.3) is 0 Å². The van der Waals surface area contributed by atoms with Crippen LogP contribution in [0.5, 0.6) is 11.8 Å². The third-order valence-corrected chi connectivity index (χ3v) is 5.85. The van der Waals surface area contributed by atoms with Crippen LogP contribution in [0, 0.1) is 0 Å². The van der Waals surface area contributed by atoms with E-state index in [1.165, 1.54) is 29.0 Å². The monoisotopic (exact) mass is 516 g/mol. The van der Waals surface area contributed by atoms with Crippen LogP contribution in [-0.2, 0) is 0 Å². The number of carbonyl (C=O) groups excluding carboxylic acids is 1. The fraction of sp³-hybridized carbons (Fsp3) is 0.500. The van der Waals surface area contributed by atoms with E-state index in [0.717, 1.165) is 5.56 Å². The van der Waals surface area contributed by atoms with Crippen LogP contribution in [0.3, 0.4) is 0 Å². The predicted molar refractivity (Wildman–Crippen MR) is 125 cm³/mol. The van der Waals surface area contributed by atoms with Crippen molar-refractivity contribution in [1.29, 1.82) is 0 Å². The van der Waals surface area contributed by atoms with Gasteiger partial charge < -0.3 is 14.8 Å². The fourth-order valence-corrected chi connectivity index (χ4v) is 4.24. The number of benzene rings is 1. The number of amides is 2. The van der Waals surface area contributed by atoms with Crippen LogP contribution in [0.1, 0.15) is 38.2 Å². The number of alkyl halides is 5. The van der Waals surface area contributed by atoms with Gasteiger partial charge in [-0.15, -0.1) is 0 Å². The van der Waals surface area contributed by atoms with Gasteiger partial charge in [0.1, 0.15) is 5.69 Å². The maximum absolute atomic E-state index is 13.6. The standard InChI is InChI=1S/C24H29F5N4O3/c1-15(2)17-6-4-5-7-19(17)33(16-10-12-32(13-11-16)14-24(27,28)29)23(34)30-18-8-9-20(35-3)31-21(18)36-22(25)26/h4-9,15-16,22H,10-14H2,1-3H3,(H,30,34). The van der Waals surface area contributed by atoms with Gasteiger partial charge in [0.25, 0.3) is 0 Å². The van der Waals surface area contributed by atoms with Crippen LogP contribution < -0.4 is 19.7 Å². The number of methoxy groups -OCH3 is 1. The molecule has 1 aromatic heterocycles. The first-order valence-corrected chi connectivity index (χ1v) is 11.5. The number of likely N-dealkylation sites (tertiary alicyclic amines) is 1. The van der Waals surface area contributed by atoms with Crippen molar-refractivity contribution in [2.45, 2.75) is 51.4 Å². The summed E-state index contributed by atoms with van der Waals surface area (Å²) in [7, 11) is 1.31. The Balaban J connectivity index is 1.92. The molecule has 7 nitrogen and oxygen atoms in total. The first kappa shape index (κ1) is 27.4. The first-order chi connectivity index (χ1) is 17.0. The molecule has 2 heterocycles. The molecule has 0 spiro atoms. The van der Waals surface area contributed by atoms with E-state index in [1.807, 2.05) is 26.0 Å². The van der Waals surface area contributed by atoms with Crippen LogP contribution in [-0.4, -0.2) is 61.5 Å². The van der Waals surface area contributed by atoms with Crippen molar-refractivity contribution in [1.82, 2.24) is 9.88 Å². The van der Waals surface area contributed by atoms with Crippen molar-refractivity contribution in [3.05, 3.63) is 42.0 Å². The quantitative estimate of drug-likeness (QED) is 0.444. The molecule has 0 aliphatic carbocycles. The molecule has 0 atom stereocenters. The summed E-state index contributed by atoms with van der Waals surface area (Å²) in [5.74, 6) is -0.459. The summed E-state index contributed by atoms with van der Waals surface area (Å²) in [5.41, 5.74) is 1.36. The number of pyridine rings is 1. The Labute approximate surface area is 206 Å². The van der Waals surface area contributed by atoms with Crippen LogP contribution in [0.15, 0.2) is 36.4 Å². The lowest BCUT2D eigenvalue weighted by Gasteiger charge is -2.39. The molecule has 36 heavy (non-hydrogen) atoms. The predicted octanol–water partition coefficient (Wildman–Crippen LogP) is 5.88. The van der Waals surface area contributed by atoms with E-state index in [0.29, 0.717) is 18.5 Å². The van der Waals surface area contributed by atoms with E-state index < -0.39 is 37.3 Å². The third-order valence-electron chi connectivity index (χ3n) is 5.85. The summed E-state index contributed by atoms with van der Waals surface area (Å²) in [6.07, 6.45) is -3.70. The molecule has 0 radical (unpaired) electrons. The minimum absolute atomic E-state index is 0.0164. The number of anilines is 2. The molecule has 0 unspecified atom stereocenters. The number of nitrogens with one attached hydrogen (secondary N) is 1. The van der Waals surface area contributed by atoms with Gasteiger partial charge in [0.15, 0.2) is 0 Å². The number of hydrogen-bond acceptors (Lipinski definition) is 5. The fourth-order valence-electron chi connectivity index (χ4n) is 4.24. The van der Waals surface area contributed by atoms with Crippen molar-refractivity contribution in [2.75, 3.05) is 37.0 Å². The van der Waals surface area contributed by atoms with Crippen molar-refractivity contribution >= 4 is 17.4 Å². The maximum atomic E-state index is 13.6. The molecule has 2 aromatic rings. The molecular formula is C24H29F5N4O3. The Hall–Kier alpha value is -3.15. The third kappa shape index (κ3) is 7.19. The second-order valence-corrected chi connectivity index (χ2v) is 8.72. The largest absolute Gasteiger partial charge is 0.481 e. The molecule has 0 bridgehead atoms. The number of halogens is 5. The Kier molecular flexibility index (Phi) is 8.93. The van der Waals surface area contributed by atoms with Crippen molar-refractivity contribution < 1.29 is 36.2 Å².